The van der Waals surface area contributed by atoms with Crippen LogP contribution in [0.3, 0.4) is 0 Å². The van der Waals surface area contributed by atoms with Crippen molar-refractivity contribution in [3.05, 3.63) is 17.0 Å². The highest BCUT2D eigenvalue weighted by Crippen LogP contribution is 2.14. The highest BCUT2D eigenvalue weighted by Gasteiger charge is 2.15. The zero-order chi connectivity index (χ0) is 13.7. The van der Waals surface area contributed by atoms with Crippen molar-refractivity contribution >= 4 is 18.3 Å². The van der Waals surface area contributed by atoms with Gasteiger partial charge in [0.25, 0.3) is 0 Å². The minimum absolute atomic E-state index is 0. The van der Waals surface area contributed by atoms with Gasteiger partial charge in [-0.15, -0.1) is 12.4 Å². The zero-order valence-electron chi connectivity index (χ0n) is 12.2. The van der Waals surface area contributed by atoms with Gasteiger partial charge in [-0.3, -0.25) is 4.79 Å². The molecule has 1 unspecified atom stereocenters. The molecule has 2 rings (SSSR count). The van der Waals surface area contributed by atoms with Crippen LogP contribution in [0.5, 0.6) is 0 Å². The Labute approximate surface area is 126 Å². The summed E-state index contributed by atoms with van der Waals surface area (Å²) >= 11 is 0. The van der Waals surface area contributed by atoms with Crippen molar-refractivity contribution in [1.82, 2.24) is 15.8 Å². The van der Waals surface area contributed by atoms with Gasteiger partial charge in [0.05, 0.1) is 12.1 Å². The first kappa shape index (κ1) is 17.0. The molecular weight excluding hydrogens is 278 g/mol. The van der Waals surface area contributed by atoms with E-state index < -0.39 is 0 Å². The van der Waals surface area contributed by atoms with Gasteiger partial charge < -0.3 is 15.2 Å². The van der Waals surface area contributed by atoms with Crippen LogP contribution in [0.2, 0.25) is 0 Å². The van der Waals surface area contributed by atoms with E-state index in [9.17, 15) is 4.79 Å². The molecular formula is C14H24ClN3O2. The maximum absolute atomic E-state index is 11.9. The minimum Gasteiger partial charge on any atom is -0.361 e. The topological polar surface area (TPSA) is 67.2 Å². The molecule has 0 radical (unpaired) electrons. The number of nitrogens with zero attached hydrogens (tertiary/aromatic N) is 1. The van der Waals surface area contributed by atoms with E-state index in [0.29, 0.717) is 12.3 Å². The highest BCUT2D eigenvalue weighted by atomic mass is 35.5. The number of aryl methyl sites for hydroxylation is 2. The van der Waals surface area contributed by atoms with Crippen molar-refractivity contribution in [3.63, 3.8) is 0 Å². The first-order chi connectivity index (χ1) is 9.16. The fourth-order valence-electron chi connectivity index (χ4n) is 2.56. The number of piperidine rings is 1. The predicted molar refractivity (Wildman–Crippen MR) is 80.1 cm³/mol. The Morgan fingerprint density at radius 1 is 1.50 bits per heavy atom. The summed E-state index contributed by atoms with van der Waals surface area (Å²) < 4.78 is 5.06. The molecule has 1 aliphatic rings. The van der Waals surface area contributed by atoms with Crippen LogP contribution in [0, 0.1) is 19.8 Å². The normalized spacial score (nSPS) is 18.4. The second-order valence-electron chi connectivity index (χ2n) is 5.33. The number of carbonyl (C=O) groups is 1. The van der Waals surface area contributed by atoms with E-state index in [2.05, 4.69) is 15.8 Å². The van der Waals surface area contributed by atoms with Gasteiger partial charge in [-0.05, 0) is 52.1 Å². The summed E-state index contributed by atoms with van der Waals surface area (Å²) in [5.41, 5.74) is 1.72. The number of amides is 1. The number of aromatic nitrogens is 1. The molecule has 0 aromatic carbocycles. The fraction of sp³-hybridized carbons (Fsp3) is 0.714. The van der Waals surface area contributed by atoms with Gasteiger partial charge >= 0.3 is 0 Å². The highest BCUT2D eigenvalue weighted by molar-refractivity contribution is 5.85. The van der Waals surface area contributed by atoms with Crippen LogP contribution in [0.25, 0.3) is 0 Å². The number of hydrogen-bond acceptors (Lipinski definition) is 4. The van der Waals surface area contributed by atoms with Crippen molar-refractivity contribution in [2.45, 2.75) is 39.5 Å². The first-order valence-electron chi connectivity index (χ1n) is 7.06. The monoisotopic (exact) mass is 301 g/mol. The molecule has 20 heavy (non-hydrogen) atoms. The zero-order valence-corrected chi connectivity index (χ0v) is 13.0. The number of halogens is 1. The van der Waals surface area contributed by atoms with Gasteiger partial charge in [0, 0.05) is 12.1 Å². The van der Waals surface area contributed by atoms with Gasteiger partial charge in [0.15, 0.2) is 0 Å². The van der Waals surface area contributed by atoms with Crippen molar-refractivity contribution < 1.29 is 9.32 Å². The van der Waals surface area contributed by atoms with Crippen molar-refractivity contribution in [2.75, 3.05) is 19.6 Å². The van der Waals surface area contributed by atoms with Crippen LogP contribution < -0.4 is 10.6 Å². The average molecular weight is 302 g/mol. The van der Waals surface area contributed by atoms with E-state index in [0.717, 1.165) is 43.1 Å². The quantitative estimate of drug-likeness (QED) is 0.870. The largest absolute Gasteiger partial charge is 0.361 e. The van der Waals surface area contributed by atoms with Gasteiger partial charge in [0.2, 0.25) is 5.91 Å². The van der Waals surface area contributed by atoms with Crippen LogP contribution in [-0.4, -0.2) is 30.7 Å². The van der Waals surface area contributed by atoms with Crippen molar-refractivity contribution in [1.29, 1.82) is 0 Å². The predicted octanol–water partition coefficient (Wildman–Crippen LogP) is 1.76. The molecule has 0 spiro atoms. The third-order valence-corrected chi connectivity index (χ3v) is 3.79. The summed E-state index contributed by atoms with van der Waals surface area (Å²) in [7, 11) is 0. The van der Waals surface area contributed by atoms with E-state index in [1.54, 1.807) is 0 Å². The van der Waals surface area contributed by atoms with E-state index in [1.807, 2.05) is 13.8 Å². The third kappa shape index (κ3) is 4.80. The van der Waals surface area contributed by atoms with Crippen LogP contribution in [0.4, 0.5) is 0 Å². The van der Waals surface area contributed by atoms with Gasteiger partial charge in [0.1, 0.15) is 5.76 Å². The Balaban J connectivity index is 0.00000200. The molecule has 2 N–H and O–H groups in total. The molecule has 114 valence electrons. The molecule has 1 fully saturated rings. The summed E-state index contributed by atoms with van der Waals surface area (Å²) in [6, 6.07) is 0. The Morgan fingerprint density at radius 3 is 2.90 bits per heavy atom. The third-order valence-electron chi connectivity index (χ3n) is 3.79. The Kier molecular flexibility index (Phi) is 7.02. The van der Waals surface area contributed by atoms with Gasteiger partial charge in [-0.1, -0.05) is 5.16 Å². The fourth-order valence-corrected chi connectivity index (χ4v) is 2.56. The molecule has 1 saturated heterocycles. The number of carbonyl (C=O) groups excluding carboxylic acids is 1. The number of hydrogen-bond donors (Lipinski definition) is 2. The second-order valence-corrected chi connectivity index (χ2v) is 5.33. The lowest BCUT2D eigenvalue weighted by Gasteiger charge is -2.22. The van der Waals surface area contributed by atoms with Crippen LogP contribution in [0.15, 0.2) is 4.52 Å². The molecule has 2 heterocycles. The smallest absolute Gasteiger partial charge is 0.224 e. The molecule has 1 atom stereocenters. The summed E-state index contributed by atoms with van der Waals surface area (Å²) in [4.78, 5) is 11.9. The number of rotatable bonds is 5. The molecule has 1 amide bonds. The molecule has 1 aliphatic heterocycles. The van der Waals surface area contributed by atoms with E-state index in [4.69, 9.17) is 4.52 Å². The second kappa shape index (κ2) is 8.27. The van der Waals surface area contributed by atoms with E-state index >= 15 is 0 Å². The molecule has 5 nitrogen and oxygen atoms in total. The van der Waals surface area contributed by atoms with E-state index in [-0.39, 0.29) is 18.3 Å². The van der Waals surface area contributed by atoms with Crippen molar-refractivity contribution in [3.8, 4) is 0 Å². The van der Waals surface area contributed by atoms with E-state index in [1.165, 1.54) is 12.8 Å². The molecule has 1 aromatic rings. The lowest BCUT2D eigenvalue weighted by atomic mass is 9.96. The molecule has 6 heteroatoms. The minimum atomic E-state index is 0. The molecule has 0 saturated carbocycles. The van der Waals surface area contributed by atoms with Crippen LogP contribution in [0.1, 0.15) is 36.3 Å². The average Bonchev–Trinajstić information content (AvgIpc) is 2.72. The Hall–Kier alpha value is -1.07. The lowest BCUT2D eigenvalue weighted by Crippen LogP contribution is -2.33. The van der Waals surface area contributed by atoms with Crippen LogP contribution >= 0.6 is 12.4 Å². The first-order valence-corrected chi connectivity index (χ1v) is 7.06. The van der Waals surface area contributed by atoms with Crippen LogP contribution in [-0.2, 0) is 11.2 Å². The maximum Gasteiger partial charge on any atom is 0.224 e. The summed E-state index contributed by atoms with van der Waals surface area (Å²) in [5, 5.41) is 10.2. The Morgan fingerprint density at radius 2 is 2.30 bits per heavy atom. The Bertz CT molecular complexity index is 409. The maximum atomic E-state index is 11.9. The lowest BCUT2D eigenvalue weighted by molar-refractivity contribution is -0.120. The van der Waals surface area contributed by atoms with Gasteiger partial charge in [-0.25, -0.2) is 0 Å². The molecule has 0 bridgehead atoms. The number of nitrogens with one attached hydrogen (secondary N) is 2. The molecule has 0 aliphatic carbocycles. The van der Waals surface area contributed by atoms with Gasteiger partial charge in [-0.2, -0.15) is 0 Å². The summed E-state index contributed by atoms with van der Waals surface area (Å²) in [5.74, 6) is 1.50. The summed E-state index contributed by atoms with van der Waals surface area (Å²) in [6.07, 6.45) is 3.94. The molecule has 1 aromatic heterocycles. The SMILES string of the molecule is Cc1noc(C)c1CC(=O)NCCC1CCCNC1.Cl. The summed E-state index contributed by atoms with van der Waals surface area (Å²) in [6.45, 7) is 6.69. The standard InChI is InChI=1S/C14H23N3O2.ClH/c1-10-13(11(2)19-17-10)8-14(18)16-7-5-12-4-3-6-15-9-12;/h12,15H,3-9H2,1-2H3,(H,16,18);1H. The van der Waals surface area contributed by atoms with Crippen molar-refractivity contribution in [2.24, 2.45) is 5.92 Å².